The van der Waals surface area contributed by atoms with Gasteiger partial charge in [-0.2, -0.15) is 0 Å². The number of nitrogens with one attached hydrogen (secondary N) is 1. The van der Waals surface area contributed by atoms with Gasteiger partial charge in [0, 0.05) is 28.4 Å². The lowest BCUT2D eigenvalue weighted by atomic mass is 10.0. The molecule has 0 aromatic heterocycles. The number of hydrogen-bond acceptors (Lipinski definition) is 3. The molecule has 1 aromatic rings. The topological polar surface area (TPSA) is 41.3 Å². The van der Waals surface area contributed by atoms with Crippen molar-refractivity contribution in [2.45, 2.75) is 19.9 Å². The molecule has 0 radical (unpaired) electrons. The summed E-state index contributed by atoms with van der Waals surface area (Å²) < 4.78 is 1.02. The van der Waals surface area contributed by atoms with E-state index < -0.39 is 0 Å². The SMILES string of the molecule is CC(C)C(CN(C)C)Nc1ccc(N)cc1Br. The van der Waals surface area contributed by atoms with Crippen molar-refractivity contribution >= 4 is 27.3 Å². The zero-order valence-corrected chi connectivity index (χ0v) is 12.6. The van der Waals surface area contributed by atoms with Gasteiger partial charge in [0.25, 0.3) is 0 Å². The van der Waals surface area contributed by atoms with Gasteiger partial charge < -0.3 is 16.0 Å². The number of nitrogens with zero attached hydrogens (tertiary/aromatic N) is 1. The molecule has 1 unspecified atom stereocenters. The first-order chi connectivity index (χ1) is 7.90. The van der Waals surface area contributed by atoms with Crippen molar-refractivity contribution in [3.8, 4) is 0 Å². The van der Waals surface area contributed by atoms with Crippen LogP contribution in [0.1, 0.15) is 13.8 Å². The van der Waals surface area contributed by atoms with E-state index in [0.717, 1.165) is 22.4 Å². The molecule has 4 heteroatoms. The lowest BCUT2D eigenvalue weighted by molar-refractivity contribution is 0.344. The van der Waals surface area contributed by atoms with Gasteiger partial charge in [0.1, 0.15) is 0 Å². The average Bonchev–Trinajstić information content (AvgIpc) is 2.19. The number of rotatable bonds is 5. The highest BCUT2D eigenvalue weighted by molar-refractivity contribution is 9.10. The van der Waals surface area contributed by atoms with Gasteiger partial charge >= 0.3 is 0 Å². The van der Waals surface area contributed by atoms with Crippen molar-refractivity contribution in [3.05, 3.63) is 22.7 Å². The molecule has 1 atom stereocenters. The summed E-state index contributed by atoms with van der Waals surface area (Å²) in [4.78, 5) is 2.20. The Morgan fingerprint density at radius 3 is 2.47 bits per heavy atom. The lowest BCUT2D eigenvalue weighted by Crippen LogP contribution is -2.36. The smallest absolute Gasteiger partial charge is 0.0488 e. The quantitative estimate of drug-likeness (QED) is 0.821. The highest BCUT2D eigenvalue weighted by Gasteiger charge is 2.15. The first kappa shape index (κ1) is 14.3. The normalized spacial score (nSPS) is 13.1. The Balaban J connectivity index is 2.78. The maximum Gasteiger partial charge on any atom is 0.0488 e. The van der Waals surface area contributed by atoms with E-state index in [1.807, 2.05) is 18.2 Å². The van der Waals surface area contributed by atoms with E-state index in [-0.39, 0.29) is 0 Å². The number of benzene rings is 1. The molecule has 0 aliphatic heterocycles. The standard InChI is InChI=1S/C13H22BrN3/c1-9(2)13(8-17(3)4)16-12-6-5-10(15)7-11(12)14/h5-7,9,13,16H,8,15H2,1-4H3. The van der Waals surface area contributed by atoms with Gasteiger partial charge in [-0.3, -0.25) is 0 Å². The molecule has 3 N–H and O–H groups in total. The zero-order valence-electron chi connectivity index (χ0n) is 11.0. The maximum absolute atomic E-state index is 5.73. The van der Waals surface area contributed by atoms with Crippen LogP contribution in [0.5, 0.6) is 0 Å². The molecule has 0 spiro atoms. The van der Waals surface area contributed by atoms with E-state index in [1.54, 1.807) is 0 Å². The summed E-state index contributed by atoms with van der Waals surface area (Å²) >= 11 is 3.53. The Morgan fingerprint density at radius 1 is 1.35 bits per heavy atom. The highest BCUT2D eigenvalue weighted by Crippen LogP contribution is 2.26. The summed E-state index contributed by atoms with van der Waals surface area (Å²) in [5.41, 5.74) is 7.60. The summed E-state index contributed by atoms with van der Waals surface area (Å²) in [6.45, 7) is 5.47. The second-order valence-electron chi connectivity index (χ2n) is 5.00. The number of nitrogen functional groups attached to an aromatic ring is 1. The Kier molecular flexibility index (Phi) is 5.28. The van der Waals surface area contributed by atoms with Gasteiger partial charge in [-0.15, -0.1) is 0 Å². The van der Waals surface area contributed by atoms with Crippen LogP contribution >= 0.6 is 15.9 Å². The van der Waals surface area contributed by atoms with Crippen molar-refractivity contribution in [2.75, 3.05) is 31.7 Å². The molecule has 0 bridgehead atoms. The Bertz CT molecular complexity index is 364. The van der Waals surface area contributed by atoms with E-state index in [1.165, 1.54) is 0 Å². The van der Waals surface area contributed by atoms with E-state index in [9.17, 15) is 0 Å². The number of hydrogen-bond donors (Lipinski definition) is 2. The molecule has 0 aliphatic rings. The van der Waals surface area contributed by atoms with Crippen molar-refractivity contribution in [1.82, 2.24) is 4.90 Å². The van der Waals surface area contributed by atoms with Gasteiger partial charge in [-0.25, -0.2) is 0 Å². The number of anilines is 2. The van der Waals surface area contributed by atoms with Crippen molar-refractivity contribution in [2.24, 2.45) is 5.92 Å². The van der Waals surface area contributed by atoms with Crippen LogP contribution in [0, 0.1) is 5.92 Å². The summed E-state index contributed by atoms with van der Waals surface area (Å²) in [7, 11) is 4.18. The molecule has 3 nitrogen and oxygen atoms in total. The molecule has 0 heterocycles. The molecule has 0 fully saturated rings. The Hall–Kier alpha value is -0.740. The number of nitrogens with two attached hydrogens (primary N) is 1. The monoisotopic (exact) mass is 299 g/mol. The summed E-state index contributed by atoms with van der Waals surface area (Å²) in [5.74, 6) is 0.571. The molecule has 0 saturated heterocycles. The third kappa shape index (κ3) is 4.56. The minimum absolute atomic E-state index is 0.421. The first-order valence-corrected chi connectivity index (χ1v) is 6.65. The van der Waals surface area contributed by atoms with Gasteiger partial charge in [0.15, 0.2) is 0 Å². The molecule has 0 amide bonds. The third-order valence-electron chi connectivity index (χ3n) is 2.70. The van der Waals surface area contributed by atoms with Gasteiger partial charge in [-0.1, -0.05) is 13.8 Å². The Labute approximate surface area is 113 Å². The molecular formula is C13H22BrN3. The van der Waals surface area contributed by atoms with Crippen LogP contribution in [0.4, 0.5) is 11.4 Å². The van der Waals surface area contributed by atoms with E-state index in [0.29, 0.717) is 12.0 Å². The number of halogens is 1. The van der Waals surface area contributed by atoms with Crippen molar-refractivity contribution in [1.29, 1.82) is 0 Å². The van der Waals surface area contributed by atoms with Crippen LogP contribution in [-0.2, 0) is 0 Å². The summed E-state index contributed by atoms with van der Waals surface area (Å²) in [6.07, 6.45) is 0. The molecule has 0 aliphatic carbocycles. The highest BCUT2D eigenvalue weighted by atomic mass is 79.9. The second-order valence-corrected chi connectivity index (χ2v) is 5.85. The largest absolute Gasteiger partial charge is 0.399 e. The predicted octanol–water partition coefficient (Wildman–Crippen LogP) is 3.03. The van der Waals surface area contributed by atoms with Gasteiger partial charge in [0.2, 0.25) is 0 Å². The second kappa shape index (κ2) is 6.26. The van der Waals surface area contributed by atoms with Gasteiger partial charge in [0.05, 0.1) is 0 Å². The first-order valence-electron chi connectivity index (χ1n) is 5.86. The Morgan fingerprint density at radius 2 is 2.00 bits per heavy atom. The van der Waals surface area contributed by atoms with Crippen LogP contribution in [0.15, 0.2) is 22.7 Å². The fourth-order valence-electron chi connectivity index (χ4n) is 1.66. The lowest BCUT2D eigenvalue weighted by Gasteiger charge is -2.27. The number of likely N-dealkylation sites (N-methyl/N-ethyl adjacent to an activating group) is 1. The van der Waals surface area contributed by atoms with E-state index in [2.05, 4.69) is 54.1 Å². The van der Waals surface area contributed by atoms with Crippen molar-refractivity contribution < 1.29 is 0 Å². The fraction of sp³-hybridized carbons (Fsp3) is 0.538. The fourth-order valence-corrected chi connectivity index (χ4v) is 2.18. The van der Waals surface area contributed by atoms with Crippen molar-refractivity contribution in [3.63, 3.8) is 0 Å². The molecule has 0 saturated carbocycles. The van der Waals surface area contributed by atoms with Crippen LogP contribution in [0.3, 0.4) is 0 Å². The zero-order chi connectivity index (χ0) is 13.0. The summed E-state index contributed by atoms with van der Waals surface area (Å²) in [6, 6.07) is 6.28. The summed E-state index contributed by atoms with van der Waals surface area (Å²) in [5, 5.41) is 3.56. The van der Waals surface area contributed by atoms with E-state index in [4.69, 9.17) is 5.73 Å². The third-order valence-corrected chi connectivity index (χ3v) is 3.36. The predicted molar refractivity (Wildman–Crippen MR) is 79.4 cm³/mol. The van der Waals surface area contributed by atoms with Crippen LogP contribution in [-0.4, -0.2) is 31.6 Å². The maximum atomic E-state index is 5.73. The van der Waals surface area contributed by atoms with Crippen LogP contribution < -0.4 is 11.1 Å². The van der Waals surface area contributed by atoms with Crippen LogP contribution in [0.2, 0.25) is 0 Å². The molecule has 17 heavy (non-hydrogen) atoms. The molecule has 1 rings (SSSR count). The molecule has 96 valence electrons. The van der Waals surface area contributed by atoms with Crippen LogP contribution in [0.25, 0.3) is 0 Å². The van der Waals surface area contributed by atoms with Gasteiger partial charge in [-0.05, 0) is 54.1 Å². The molecular weight excluding hydrogens is 278 g/mol. The average molecular weight is 300 g/mol. The van der Waals surface area contributed by atoms with E-state index >= 15 is 0 Å². The molecule has 1 aromatic carbocycles. The minimum Gasteiger partial charge on any atom is -0.399 e. The minimum atomic E-state index is 0.421.